The number of hydrogen-bond acceptors (Lipinski definition) is 1. The Labute approximate surface area is 89.7 Å². The molecule has 1 N–H and O–H groups in total. The van der Waals surface area contributed by atoms with E-state index in [2.05, 4.69) is 0 Å². The lowest BCUT2D eigenvalue weighted by Crippen LogP contribution is -2.24. The molecule has 0 aromatic carbocycles. The minimum atomic E-state index is -4.16. The molecule has 0 fully saturated rings. The van der Waals surface area contributed by atoms with E-state index in [1.807, 2.05) is 27.7 Å². The van der Waals surface area contributed by atoms with E-state index in [0.717, 1.165) is 0 Å². The molecule has 0 heterocycles. The highest BCUT2D eigenvalue weighted by molar-refractivity contribution is 4.73. The van der Waals surface area contributed by atoms with E-state index in [-0.39, 0.29) is 17.8 Å². The van der Waals surface area contributed by atoms with E-state index in [9.17, 15) is 18.3 Å². The van der Waals surface area contributed by atoms with Gasteiger partial charge >= 0.3 is 6.18 Å². The van der Waals surface area contributed by atoms with E-state index < -0.39 is 18.7 Å². The first kappa shape index (κ1) is 14.8. The summed E-state index contributed by atoms with van der Waals surface area (Å²) in [7, 11) is 0. The first-order chi connectivity index (χ1) is 6.52. The van der Waals surface area contributed by atoms with Gasteiger partial charge in [0, 0.05) is 6.42 Å². The molecule has 0 spiro atoms. The summed E-state index contributed by atoms with van der Waals surface area (Å²) >= 11 is 0. The van der Waals surface area contributed by atoms with Crippen LogP contribution in [-0.2, 0) is 0 Å². The van der Waals surface area contributed by atoms with Gasteiger partial charge in [0.1, 0.15) is 0 Å². The smallest absolute Gasteiger partial charge is 0.389 e. The van der Waals surface area contributed by atoms with Crippen LogP contribution < -0.4 is 0 Å². The van der Waals surface area contributed by atoms with E-state index in [1.165, 1.54) is 0 Å². The standard InChI is InChI=1S/C11H21F3O/c1-8(10(2,3)4)7-9(15)5-6-11(12,13)14/h8-9,15H,5-7H2,1-4H3. The van der Waals surface area contributed by atoms with Crippen molar-refractivity contribution in [2.24, 2.45) is 11.3 Å². The zero-order chi connectivity index (χ0) is 12.3. The van der Waals surface area contributed by atoms with Gasteiger partial charge in [0.15, 0.2) is 0 Å². The Morgan fingerprint density at radius 2 is 1.60 bits per heavy atom. The molecule has 15 heavy (non-hydrogen) atoms. The second kappa shape index (κ2) is 5.19. The molecule has 1 nitrogen and oxygen atoms in total. The highest BCUT2D eigenvalue weighted by atomic mass is 19.4. The average Bonchev–Trinajstić information content (AvgIpc) is 1.97. The van der Waals surface area contributed by atoms with Crippen LogP contribution in [0, 0.1) is 11.3 Å². The summed E-state index contributed by atoms with van der Waals surface area (Å²) < 4.78 is 35.6. The second-order valence-corrected chi connectivity index (χ2v) is 5.31. The Hall–Kier alpha value is -0.250. The van der Waals surface area contributed by atoms with Gasteiger partial charge < -0.3 is 5.11 Å². The molecule has 2 unspecified atom stereocenters. The highest BCUT2D eigenvalue weighted by Gasteiger charge is 2.29. The van der Waals surface area contributed by atoms with Gasteiger partial charge in [0.2, 0.25) is 0 Å². The molecule has 0 aromatic heterocycles. The van der Waals surface area contributed by atoms with Crippen LogP contribution in [0.4, 0.5) is 13.2 Å². The van der Waals surface area contributed by atoms with E-state index >= 15 is 0 Å². The van der Waals surface area contributed by atoms with Crippen LogP contribution >= 0.6 is 0 Å². The molecule has 92 valence electrons. The van der Waals surface area contributed by atoms with Crippen LogP contribution in [0.25, 0.3) is 0 Å². The van der Waals surface area contributed by atoms with E-state index in [1.54, 1.807) is 0 Å². The summed E-state index contributed by atoms with van der Waals surface area (Å²) in [5.74, 6) is 0.209. The highest BCUT2D eigenvalue weighted by Crippen LogP contribution is 2.31. The lowest BCUT2D eigenvalue weighted by Gasteiger charge is -2.29. The van der Waals surface area contributed by atoms with Crippen molar-refractivity contribution in [3.63, 3.8) is 0 Å². The van der Waals surface area contributed by atoms with Crippen LogP contribution in [0.5, 0.6) is 0 Å². The first-order valence-corrected chi connectivity index (χ1v) is 5.27. The molecule has 0 rings (SSSR count). The summed E-state index contributed by atoms with van der Waals surface area (Å²) in [4.78, 5) is 0. The van der Waals surface area contributed by atoms with Crippen LogP contribution in [0.15, 0.2) is 0 Å². The summed E-state index contributed by atoms with van der Waals surface area (Å²) in [5.41, 5.74) is 0.0270. The first-order valence-electron chi connectivity index (χ1n) is 5.27. The predicted octanol–water partition coefficient (Wildman–Crippen LogP) is 3.76. The van der Waals surface area contributed by atoms with Crippen molar-refractivity contribution in [2.75, 3.05) is 0 Å². The van der Waals surface area contributed by atoms with Gasteiger partial charge in [-0.15, -0.1) is 0 Å². The van der Waals surface area contributed by atoms with Crippen LogP contribution in [0.2, 0.25) is 0 Å². The van der Waals surface area contributed by atoms with E-state index in [4.69, 9.17) is 0 Å². The maximum absolute atomic E-state index is 11.9. The third kappa shape index (κ3) is 7.65. The summed E-state index contributed by atoms with van der Waals surface area (Å²) in [5, 5.41) is 9.45. The molecule has 2 atom stereocenters. The van der Waals surface area contributed by atoms with Crippen molar-refractivity contribution in [2.45, 2.75) is 59.2 Å². The summed E-state index contributed by atoms with van der Waals surface area (Å²) in [6.45, 7) is 8.02. The second-order valence-electron chi connectivity index (χ2n) is 5.31. The molecule has 0 saturated heterocycles. The molecular weight excluding hydrogens is 205 g/mol. The fourth-order valence-corrected chi connectivity index (χ4v) is 1.21. The quantitative estimate of drug-likeness (QED) is 0.773. The fraction of sp³-hybridized carbons (Fsp3) is 1.00. The lowest BCUT2D eigenvalue weighted by molar-refractivity contribution is -0.140. The molecule has 0 saturated carbocycles. The number of halogens is 3. The molecule has 0 radical (unpaired) electrons. The molecular formula is C11H21F3O. The van der Waals surface area contributed by atoms with Crippen molar-refractivity contribution in [1.82, 2.24) is 0 Å². The zero-order valence-electron chi connectivity index (χ0n) is 9.86. The molecule has 0 aliphatic rings. The summed E-state index contributed by atoms with van der Waals surface area (Å²) in [6, 6.07) is 0. The Morgan fingerprint density at radius 3 is 1.93 bits per heavy atom. The minimum absolute atomic E-state index is 0.0270. The van der Waals surface area contributed by atoms with Gasteiger partial charge in [-0.25, -0.2) is 0 Å². The molecule has 4 heteroatoms. The normalized spacial score (nSPS) is 17.6. The van der Waals surface area contributed by atoms with Crippen LogP contribution in [0.1, 0.15) is 47.0 Å². The molecule has 0 bridgehead atoms. The van der Waals surface area contributed by atoms with Crippen LogP contribution in [0.3, 0.4) is 0 Å². The molecule has 0 aliphatic heterocycles. The number of aliphatic hydroxyl groups excluding tert-OH is 1. The number of alkyl halides is 3. The zero-order valence-corrected chi connectivity index (χ0v) is 9.86. The fourth-order valence-electron chi connectivity index (χ4n) is 1.21. The number of hydrogen-bond donors (Lipinski definition) is 1. The van der Waals surface area contributed by atoms with Gasteiger partial charge in [-0.1, -0.05) is 27.7 Å². The number of rotatable bonds is 4. The van der Waals surface area contributed by atoms with Crippen LogP contribution in [-0.4, -0.2) is 17.4 Å². The van der Waals surface area contributed by atoms with Gasteiger partial charge in [-0.05, 0) is 24.2 Å². The third-order valence-corrected chi connectivity index (χ3v) is 2.87. The summed E-state index contributed by atoms with van der Waals surface area (Å²) in [6.07, 6.45) is -5.67. The predicted molar refractivity (Wildman–Crippen MR) is 54.5 cm³/mol. The Kier molecular flexibility index (Phi) is 5.10. The van der Waals surface area contributed by atoms with E-state index in [0.29, 0.717) is 6.42 Å². The Morgan fingerprint density at radius 1 is 1.13 bits per heavy atom. The molecule has 0 aliphatic carbocycles. The minimum Gasteiger partial charge on any atom is -0.393 e. The maximum atomic E-state index is 11.9. The van der Waals surface area contributed by atoms with Gasteiger partial charge in [0.25, 0.3) is 0 Å². The van der Waals surface area contributed by atoms with Gasteiger partial charge in [0.05, 0.1) is 6.10 Å². The van der Waals surface area contributed by atoms with Crippen molar-refractivity contribution in [1.29, 1.82) is 0 Å². The van der Waals surface area contributed by atoms with Crippen molar-refractivity contribution in [3.8, 4) is 0 Å². The average molecular weight is 226 g/mol. The third-order valence-electron chi connectivity index (χ3n) is 2.87. The van der Waals surface area contributed by atoms with Gasteiger partial charge in [-0.3, -0.25) is 0 Å². The van der Waals surface area contributed by atoms with Crippen molar-refractivity contribution >= 4 is 0 Å². The van der Waals surface area contributed by atoms with Crippen molar-refractivity contribution < 1.29 is 18.3 Å². The van der Waals surface area contributed by atoms with Crippen molar-refractivity contribution in [3.05, 3.63) is 0 Å². The SMILES string of the molecule is CC(CC(O)CCC(F)(F)F)C(C)(C)C. The topological polar surface area (TPSA) is 20.2 Å². The Bertz CT molecular complexity index is 181. The molecule has 0 aromatic rings. The molecule has 0 amide bonds. The Balaban J connectivity index is 3.89. The lowest BCUT2D eigenvalue weighted by atomic mass is 9.78. The maximum Gasteiger partial charge on any atom is 0.389 e. The van der Waals surface area contributed by atoms with Gasteiger partial charge in [-0.2, -0.15) is 13.2 Å². The number of aliphatic hydroxyl groups is 1. The largest absolute Gasteiger partial charge is 0.393 e. The monoisotopic (exact) mass is 226 g/mol.